The number of amides is 2. The highest BCUT2D eigenvalue weighted by Gasteiger charge is 2.29. The molecule has 7 heteroatoms. The van der Waals surface area contributed by atoms with Crippen molar-refractivity contribution in [3.63, 3.8) is 0 Å². The second-order valence-corrected chi connectivity index (χ2v) is 4.69. The predicted octanol–water partition coefficient (Wildman–Crippen LogP) is -0.103. The molecule has 2 fully saturated rings. The van der Waals surface area contributed by atoms with Crippen LogP contribution in [0.1, 0.15) is 12.8 Å². The number of amidine groups is 1. The summed E-state index contributed by atoms with van der Waals surface area (Å²) in [5.74, 6) is 0.184. The summed E-state index contributed by atoms with van der Waals surface area (Å²) in [5, 5.41) is 11.7. The molecule has 0 saturated carbocycles. The Labute approximate surface area is 106 Å². The van der Waals surface area contributed by atoms with Gasteiger partial charge in [0.1, 0.15) is 5.84 Å². The van der Waals surface area contributed by atoms with Crippen molar-refractivity contribution >= 4 is 11.9 Å². The molecule has 2 aliphatic rings. The van der Waals surface area contributed by atoms with E-state index in [0.717, 1.165) is 19.4 Å². The number of hydrogen-bond acceptors (Lipinski definition) is 4. The van der Waals surface area contributed by atoms with Crippen LogP contribution in [-0.4, -0.2) is 66.3 Å². The summed E-state index contributed by atoms with van der Waals surface area (Å²) in [4.78, 5) is 15.9. The summed E-state index contributed by atoms with van der Waals surface area (Å²) in [6.45, 7) is 3.76. The third-order valence-corrected chi connectivity index (χ3v) is 3.51. The minimum atomic E-state index is -0.0336. The van der Waals surface area contributed by atoms with Gasteiger partial charge in [0, 0.05) is 32.1 Å². The van der Waals surface area contributed by atoms with Crippen molar-refractivity contribution in [3.8, 4) is 0 Å². The highest BCUT2D eigenvalue weighted by Crippen LogP contribution is 2.18. The van der Waals surface area contributed by atoms with E-state index in [1.807, 2.05) is 0 Å². The van der Waals surface area contributed by atoms with E-state index in [4.69, 9.17) is 15.7 Å². The molecule has 0 radical (unpaired) electrons. The van der Waals surface area contributed by atoms with Crippen LogP contribution in [0, 0.1) is 5.92 Å². The molecule has 2 amide bonds. The van der Waals surface area contributed by atoms with Gasteiger partial charge in [-0.2, -0.15) is 0 Å². The highest BCUT2D eigenvalue weighted by atomic mass is 16.5. The molecule has 2 rings (SSSR count). The first-order valence-electron chi connectivity index (χ1n) is 6.31. The Hall–Kier alpha value is -1.50. The lowest BCUT2D eigenvalue weighted by Crippen LogP contribution is -2.52. The lowest BCUT2D eigenvalue weighted by molar-refractivity contribution is 0.0405. The SMILES string of the molecule is NC(=NO)C1CCCN(C(=O)N2CCOCC2)C1. The summed E-state index contributed by atoms with van der Waals surface area (Å²) in [6, 6.07) is 0.0359. The van der Waals surface area contributed by atoms with Gasteiger partial charge in [0.05, 0.1) is 13.2 Å². The number of likely N-dealkylation sites (tertiary alicyclic amines) is 1. The summed E-state index contributed by atoms with van der Waals surface area (Å²) < 4.78 is 5.23. The smallest absolute Gasteiger partial charge is 0.320 e. The lowest BCUT2D eigenvalue weighted by atomic mass is 9.97. The van der Waals surface area contributed by atoms with E-state index in [1.54, 1.807) is 9.80 Å². The topological polar surface area (TPSA) is 91.4 Å². The minimum absolute atomic E-state index is 0.0336. The molecule has 102 valence electrons. The summed E-state index contributed by atoms with van der Waals surface area (Å²) in [6.07, 6.45) is 1.75. The summed E-state index contributed by atoms with van der Waals surface area (Å²) in [5.41, 5.74) is 5.62. The number of urea groups is 1. The van der Waals surface area contributed by atoms with Crippen molar-refractivity contribution in [2.45, 2.75) is 12.8 Å². The molecule has 0 aliphatic carbocycles. The number of nitrogens with zero attached hydrogens (tertiary/aromatic N) is 3. The molecule has 0 aromatic rings. The fourth-order valence-electron chi connectivity index (χ4n) is 2.43. The van der Waals surface area contributed by atoms with Crippen molar-refractivity contribution < 1.29 is 14.7 Å². The van der Waals surface area contributed by atoms with Gasteiger partial charge >= 0.3 is 6.03 Å². The van der Waals surface area contributed by atoms with Crippen molar-refractivity contribution in [1.29, 1.82) is 0 Å². The Morgan fingerprint density at radius 2 is 2.00 bits per heavy atom. The first kappa shape index (κ1) is 12.9. The molecule has 0 spiro atoms. The van der Waals surface area contributed by atoms with Crippen LogP contribution in [0.4, 0.5) is 4.79 Å². The third-order valence-electron chi connectivity index (χ3n) is 3.51. The molecule has 2 heterocycles. The Kier molecular flexibility index (Phi) is 4.24. The Bertz CT molecular complexity index is 328. The summed E-state index contributed by atoms with van der Waals surface area (Å²) in [7, 11) is 0. The van der Waals surface area contributed by atoms with Gasteiger partial charge in [0.25, 0.3) is 0 Å². The molecule has 1 unspecified atom stereocenters. The maximum Gasteiger partial charge on any atom is 0.320 e. The van der Waals surface area contributed by atoms with E-state index >= 15 is 0 Å². The Morgan fingerprint density at radius 1 is 1.28 bits per heavy atom. The number of piperidine rings is 1. The van der Waals surface area contributed by atoms with E-state index in [9.17, 15) is 4.79 Å². The molecule has 0 aromatic heterocycles. The van der Waals surface area contributed by atoms with Crippen molar-refractivity contribution in [2.75, 3.05) is 39.4 Å². The van der Waals surface area contributed by atoms with Crippen molar-refractivity contribution in [2.24, 2.45) is 16.8 Å². The Balaban J connectivity index is 1.93. The van der Waals surface area contributed by atoms with Gasteiger partial charge in [0.2, 0.25) is 0 Å². The number of nitrogens with two attached hydrogens (primary N) is 1. The molecule has 7 nitrogen and oxygen atoms in total. The number of carbonyl (C=O) groups is 1. The number of carbonyl (C=O) groups excluding carboxylic acids is 1. The first-order chi connectivity index (χ1) is 8.72. The zero-order valence-corrected chi connectivity index (χ0v) is 10.4. The van der Waals surface area contributed by atoms with Gasteiger partial charge in [-0.15, -0.1) is 0 Å². The number of oxime groups is 1. The molecule has 0 bridgehead atoms. The molecule has 2 aliphatic heterocycles. The quantitative estimate of drug-likeness (QED) is 0.296. The second kappa shape index (κ2) is 5.90. The maximum atomic E-state index is 12.3. The van der Waals surface area contributed by atoms with Crippen LogP contribution < -0.4 is 5.73 Å². The molecule has 0 aromatic carbocycles. The van der Waals surface area contributed by atoms with Gasteiger partial charge in [-0.05, 0) is 12.8 Å². The molecule has 3 N–H and O–H groups in total. The van der Waals surface area contributed by atoms with Crippen LogP contribution in [0.2, 0.25) is 0 Å². The fraction of sp³-hybridized carbons (Fsp3) is 0.818. The van der Waals surface area contributed by atoms with Crippen LogP contribution in [0.25, 0.3) is 0 Å². The van der Waals surface area contributed by atoms with Gasteiger partial charge in [-0.25, -0.2) is 4.79 Å². The van der Waals surface area contributed by atoms with Crippen LogP contribution >= 0.6 is 0 Å². The lowest BCUT2D eigenvalue weighted by Gasteiger charge is -2.37. The highest BCUT2D eigenvalue weighted by molar-refractivity contribution is 5.83. The first-order valence-corrected chi connectivity index (χ1v) is 6.31. The average molecular weight is 256 g/mol. The normalized spacial score (nSPS) is 26.2. The van der Waals surface area contributed by atoms with Gasteiger partial charge in [0.15, 0.2) is 0 Å². The van der Waals surface area contributed by atoms with Crippen LogP contribution in [-0.2, 0) is 4.74 Å². The second-order valence-electron chi connectivity index (χ2n) is 4.69. The van der Waals surface area contributed by atoms with Crippen molar-refractivity contribution in [1.82, 2.24) is 9.80 Å². The molecule has 18 heavy (non-hydrogen) atoms. The average Bonchev–Trinajstić information content (AvgIpc) is 2.46. The summed E-state index contributed by atoms with van der Waals surface area (Å²) >= 11 is 0. The van der Waals surface area contributed by atoms with E-state index < -0.39 is 0 Å². The number of hydrogen-bond donors (Lipinski definition) is 2. The molecule has 2 saturated heterocycles. The van der Waals surface area contributed by atoms with E-state index in [2.05, 4.69) is 5.16 Å². The molecule has 1 atom stereocenters. The zero-order valence-electron chi connectivity index (χ0n) is 10.4. The largest absolute Gasteiger partial charge is 0.409 e. The van der Waals surface area contributed by atoms with Gasteiger partial charge in [-0.1, -0.05) is 5.16 Å². The number of morpholine rings is 1. The standard InChI is InChI=1S/C11H20N4O3/c12-10(13-17)9-2-1-3-15(8-9)11(16)14-4-6-18-7-5-14/h9,17H,1-8H2,(H2,12,13). The predicted molar refractivity (Wildman–Crippen MR) is 65.5 cm³/mol. The number of rotatable bonds is 1. The minimum Gasteiger partial charge on any atom is -0.409 e. The third kappa shape index (κ3) is 2.84. The van der Waals surface area contributed by atoms with Crippen LogP contribution in [0.15, 0.2) is 5.16 Å². The van der Waals surface area contributed by atoms with Gasteiger partial charge in [-0.3, -0.25) is 0 Å². The van der Waals surface area contributed by atoms with Crippen LogP contribution in [0.3, 0.4) is 0 Å². The molecular weight excluding hydrogens is 236 g/mol. The Morgan fingerprint density at radius 3 is 2.67 bits per heavy atom. The monoisotopic (exact) mass is 256 g/mol. The van der Waals surface area contributed by atoms with E-state index in [0.29, 0.717) is 32.8 Å². The maximum absolute atomic E-state index is 12.3. The fourth-order valence-corrected chi connectivity index (χ4v) is 2.43. The van der Waals surface area contributed by atoms with Crippen molar-refractivity contribution in [3.05, 3.63) is 0 Å². The van der Waals surface area contributed by atoms with E-state index in [1.165, 1.54) is 0 Å². The zero-order chi connectivity index (χ0) is 13.0. The van der Waals surface area contributed by atoms with E-state index in [-0.39, 0.29) is 17.8 Å². The molecular formula is C11H20N4O3. The van der Waals surface area contributed by atoms with Gasteiger partial charge < -0.3 is 25.5 Å². The number of ether oxygens (including phenoxy) is 1. The van der Waals surface area contributed by atoms with Crippen LogP contribution in [0.5, 0.6) is 0 Å².